The SMILES string of the molecule is N#Cc1ccc(NC(=O)c2ccccc2N)cc1C#N. The molecule has 3 N–H and O–H groups in total. The number of benzene rings is 2. The van der Waals surface area contributed by atoms with E-state index >= 15 is 0 Å². The van der Waals surface area contributed by atoms with Crippen LogP contribution in [0.4, 0.5) is 11.4 Å². The third-order valence-corrected chi connectivity index (χ3v) is 2.72. The highest BCUT2D eigenvalue weighted by Gasteiger charge is 2.10. The Hall–Kier alpha value is -3.31. The minimum Gasteiger partial charge on any atom is -0.398 e. The molecule has 0 aromatic heterocycles. The largest absolute Gasteiger partial charge is 0.398 e. The molecule has 0 aliphatic heterocycles. The summed E-state index contributed by atoms with van der Waals surface area (Å²) in [7, 11) is 0. The summed E-state index contributed by atoms with van der Waals surface area (Å²) >= 11 is 0. The van der Waals surface area contributed by atoms with Crippen molar-refractivity contribution >= 4 is 17.3 Å². The van der Waals surface area contributed by atoms with Crippen LogP contribution in [0.3, 0.4) is 0 Å². The van der Waals surface area contributed by atoms with Gasteiger partial charge in [0.25, 0.3) is 5.91 Å². The molecule has 1 amide bonds. The fourth-order valence-electron chi connectivity index (χ4n) is 1.71. The number of rotatable bonds is 2. The van der Waals surface area contributed by atoms with Gasteiger partial charge in [0.2, 0.25) is 0 Å². The molecule has 5 nitrogen and oxygen atoms in total. The lowest BCUT2D eigenvalue weighted by Gasteiger charge is -2.08. The van der Waals surface area contributed by atoms with Crippen molar-refractivity contribution in [3.63, 3.8) is 0 Å². The van der Waals surface area contributed by atoms with Crippen LogP contribution in [0.1, 0.15) is 21.5 Å². The van der Waals surface area contributed by atoms with E-state index in [-0.39, 0.29) is 17.0 Å². The Bertz CT molecular complexity index is 753. The zero-order valence-electron chi connectivity index (χ0n) is 10.4. The van der Waals surface area contributed by atoms with E-state index in [2.05, 4.69) is 5.32 Å². The zero-order valence-corrected chi connectivity index (χ0v) is 10.4. The maximum atomic E-state index is 12.0. The highest BCUT2D eigenvalue weighted by Crippen LogP contribution is 2.17. The van der Waals surface area contributed by atoms with Gasteiger partial charge in [-0.15, -0.1) is 0 Å². The average Bonchev–Trinajstić information content (AvgIpc) is 2.47. The molecule has 0 unspecified atom stereocenters. The van der Waals surface area contributed by atoms with E-state index < -0.39 is 0 Å². The van der Waals surface area contributed by atoms with Gasteiger partial charge in [0.05, 0.1) is 16.7 Å². The second kappa shape index (κ2) is 5.55. The second-order valence-corrected chi connectivity index (χ2v) is 4.03. The van der Waals surface area contributed by atoms with Crippen LogP contribution in [0.15, 0.2) is 42.5 Å². The minimum atomic E-state index is -0.364. The van der Waals surface area contributed by atoms with E-state index in [1.165, 1.54) is 12.1 Å². The first-order valence-corrected chi connectivity index (χ1v) is 5.76. The maximum absolute atomic E-state index is 12.0. The van der Waals surface area contributed by atoms with Gasteiger partial charge in [0.15, 0.2) is 0 Å². The number of carbonyl (C=O) groups is 1. The standard InChI is InChI=1S/C15H10N4O/c16-8-10-5-6-12(7-11(10)9-17)19-15(20)13-3-1-2-4-14(13)18/h1-7H,18H2,(H,19,20). The monoisotopic (exact) mass is 262 g/mol. The molecule has 96 valence electrons. The first-order valence-electron chi connectivity index (χ1n) is 5.76. The number of hydrogen-bond donors (Lipinski definition) is 2. The van der Waals surface area contributed by atoms with Crippen molar-refractivity contribution in [2.75, 3.05) is 11.1 Å². The third-order valence-electron chi connectivity index (χ3n) is 2.72. The summed E-state index contributed by atoms with van der Waals surface area (Å²) in [5, 5.41) is 20.4. The van der Waals surface area contributed by atoms with Gasteiger partial charge < -0.3 is 11.1 Å². The summed E-state index contributed by atoms with van der Waals surface area (Å²) in [4.78, 5) is 12.0. The smallest absolute Gasteiger partial charge is 0.257 e. The number of amides is 1. The van der Waals surface area contributed by atoms with Crippen LogP contribution in [-0.2, 0) is 0 Å². The number of anilines is 2. The maximum Gasteiger partial charge on any atom is 0.257 e. The summed E-state index contributed by atoms with van der Waals surface area (Å²) in [6.07, 6.45) is 0. The first-order chi connectivity index (χ1) is 9.65. The molecule has 0 aliphatic rings. The van der Waals surface area contributed by atoms with Crippen LogP contribution < -0.4 is 11.1 Å². The van der Waals surface area contributed by atoms with Crippen molar-refractivity contribution in [3.05, 3.63) is 59.2 Å². The van der Waals surface area contributed by atoms with Crippen LogP contribution in [0.2, 0.25) is 0 Å². The number of nitrogens with zero attached hydrogens (tertiary/aromatic N) is 2. The molecule has 0 saturated heterocycles. The lowest BCUT2D eigenvalue weighted by Crippen LogP contribution is -2.14. The van der Waals surface area contributed by atoms with Gasteiger partial charge in [-0.1, -0.05) is 12.1 Å². The summed E-state index contributed by atoms with van der Waals surface area (Å²) < 4.78 is 0. The quantitative estimate of drug-likeness (QED) is 0.810. The summed E-state index contributed by atoms with van der Waals surface area (Å²) in [6.45, 7) is 0. The van der Waals surface area contributed by atoms with Gasteiger partial charge >= 0.3 is 0 Å². The van der Waals surface area contributed by atoms with Crippen LogP contribution in [0.25, 0.3) is 0 Å². The summed E-state index contributed by atoms with van der Waals surface area (Å²) in [6, 6.07) is 15.0. The van der Waals surface area contributed by atoms with E-state index in [1.807, 2.05) is 12.1 Å². The number of para-hydroxylation sites is 1. The van der Waals surface area contributed by atoms with Crippen molar-refractivity contribution in [1.82, 2.24) is 0 Å². The second-order valence-electron chi connectivity index (χ2n) is 4.03. The number of nitrogens with two attached hydrogens (primary N) is 1. The molecule has 0 spiro atoms. The van der Waals surface area contributed by atoms with Crippen molar-refractivity contribution in [1.29, 1.82) is 10.5 Å². The number of hydrogen-bond acceptors (Lipinski definition) is 4. The van der Waals surface area contributed by atoms with E-state index in [9.17, 15) is 4.79 Å². The lowest BCUT2D eigenvalue weighted by atomic mass is 10.1. The van der Waals surface area contributed by atoms with Gasteiger partial charge in [-0.2, -0.15) is 10.5 Å². The number of carbonyl (C=O) groups excluding carboxylic acids is 1. The van der Waals surface area contributed by atoms with E-state index in [0.29, 0.717) is 16.9 Å². The Morgan fingerprint density at radius 1 is 1.05 bits per heavy atom. The Kier molecular flexibility index (Phi) is 3.65. The van der Waals surface area contributed by atoms with Gasteiger partial charge in [-0.05, 0) is 30.3 Å². The van der Waals surface area contributed by atoms with E-state index in [4.69, 9.17) is 16.3 Å². The van der Waals surface area contributed by atoms with E-state index in [0.717, 1.165) is 0 Å². The third kappa shape index (κ3) is 2.58. The van der Waals surface area contributed by atoms with Crippen molar-refractivity contribution in [2.24, 2.45) is 0 Å². The first kappa shape index (κ1) is 13.1. The molecule has 0 heterocycles. The Balaban J connectivity index is 2.28. The van der Waals surface area contributed by atoms with Gasteiger partial charge in [0, 0.05) is 11.4 Å². The van der Waals surface area contributed by atoms with Crippen LogP contribution in [-0.4, -0.2) is 5.91 Å². The number of nitrogens with one attached hydrogen (secondary N) is 1. The van der Waals surface area contributed by atoms with E-state index in [1.54, 1.807) is 30.3 Å². The topological polar surface area (TPSA) is 103 Å². The molecular formula is C15H10N4O. The molecular weight excluding hydrogens is 252 g/mol. The fourth-order valence-corrected chi connectivity index (χ4v) is 1.71. The summed E-state index contributed by atoms with van der Waals surface area (Å²) in [5.41, 5.74) is 7.37. The van der Waals surface area contributed by atoms with Crippen LogP contribution in [0.5, 0.6) is 0 Å². The highest BCUT2D eigenvalue weighted by molar-refractivity contribution is 6.07. The summed E-state index contributed by atoms with van der Waals surface area (Å²) in [5.74, 6) is -0.364. The van der Waals surface area contributed by atoms with Crippen molar-refractivity contribution < 1.29 is 4.79 Å². The fraction of sp³-hybridized carbons (Fsp3) is 0. The molecule has 0 atom stereocenters. The predicted molar refractivity (Wildman–Crippen MR) is 74.7 cm³/mol. The van der Waals surface area contributed by atoms with Gasteiger partial charge in [-0.25, -0.2) is 0 Å². The lowest BCUT2D eigenvalue weighted by molar-refractivity contribution is 0.102. The predicted octanol–water partition coefficient (Wildman–Crippen LogP) is 2.26. The highest BCUT2D eigenvalue weighted by atomic mass is 16.1. The minimum absolute atomic E-state index is 0.214. The normalized spacial score (nSPS) is 9.30. The van der Waals surface area contributed by atoms with Gasteiger partial charge in [-0.3, -0.25) is 4.79 Å². The Morgan fingerprint density at radius 2 is 1.75 bits per heavy atom. The molecule has 0 radical (unpaired) electrons. The van der Waals surface area contributed by atoms with Crippen LogP contribution >= 0.6 is 0 Å². The van der Waals surface area contributed by atoms with Crippen molar-refractivity contribution in [2.45, 2.75) is 0 Å². The number of nitriles is 2. The zero-order chi connectivity index (χ0) is 14.5. The molecule has 0 bridgehead atoms. The molecule has 0 aliphatic carbocycles. The Labute approximate surface area is 115 Å². The molecule has 2 rings (SSSR count). The number of nitrogen functional groups attached to an aromatic ring is 1. The molecule has 5 heteroatoms. The molecule has 0 saturated carbocycles. The molecule has 20 heavy (non-hydrogen) atoms. The molecule has 2 aromatic rings. The van der Waals surface area contributed by atoms with Gasteiger partial charge in [0.1, 0.15) is 12.1 Å². The van der Waals surface area contributed by atoms with Crippen LogP contribution in [0, 0.1) is 22.7 Å². The Morgan fingerprint density at radius 3 is 2.40 bits per heavy atom. The molecule has 0 fully saturated rings. The molecule has 2 aromatic carbocycles. The van der Waals surface area contributed by atoms with Crippen molar-refractivity contribution in [3.8, 4) is 12.1 Å². The average molecular weight is 262 g/mol.